The Hall–Kier alpha value is -4.57. The predicted molar refractivity (Wildman–Crippen MR) is 157 cm³/mol. The summed E-state index contributed by atoms with van der Waals surface area (Å²) in [5, 5.41) is 2.60. The molecule has 0 unspecified atom stereocenters. The highest BCUT2D eigenvalue weighted by molar-refractivity contribution is 7.92. The fourth-order valence-corrected chi connectivity index (χ4v) is 5.89. The Morgan fingerprint density at radius 3 is 1.93 bits per heavy atom. The van der Waals surface area contributed by atoms with E-state index in [1.807, 2.05) is 37.3 Å². The fourth-order valence-electron chi connectivity index (χ4n) is 4.48. The van der Waals surface area contributed by atoms with Crippen LogP contribution in [0.3, 0.4) is 0 Å². The highest BCUT2D eigenvalue weighted by Crippen LogP contribution is 2.25. The molecule has 0 aliphatic rings. The second-order valence-electron chi connectivity index (χ2n) is 9.77. The van der Waals surface area contributed by atoms with E-state index < -0.39 is 46.1 Å². The summed E-state index contributed by atoms with van der Waals surface area (Å²) in [6.07, 6.45) is 0.148. The number of rotatable bonds is 11. The van der Waals surface area contributed by atoms with Crippen LogP contribution in [0.25, 0.3) is 0 Å². The molecular weight excluding hydrogens is 560 g/mol. The minimum atomic E-state index is -4.29. The van der Waals surface area contributed by atoms with Gasteiger partial charge in [0.05, 0.1) is 10.6 Å². The Morgan fingerprint density at radius 1 is 0.786 bits per heavy atom. The maximum Gasteiger partial charge on any atom is 0.264 e. The summed E-state index contributed by atoms with van der Waals surface area (Å²) in [6.45, 7) is 1.05. The van der Waals surface area contributed by atoms with E-state index in [-0.39, 0.29) is 23.5 Å². The number of carbonyl (C=O) groups is 2. The highest BCUT2D eigenvalue weighted by atomic mass is 32.2. The van der Waals surface area contributed by atoms with Crippen LogP contribution in [0, 0.1) is 18.6 Å². The molecule has 2 amide bonds. The summed E-state index contributed by atoms with van der Waals surface area (Å²) in [4.78, 5) is 28.6. The number of likely N-dealkylation sites (N-methyl/N-ethyl adjacent to an activating group) is 1. The van der Waals surface area contributed by atoms with E-state index in [4.69, 9.17) is 0 Å². The van der Waals surface area contributed by atoms with Crippen LogP contribution >= 0.6 is 0 Å². The molecule has 0 aromatic heterocycles. The van der Waals surface area contributed by atoms with Crippen molar-refractivity contribution in [3.63, 3.8) is 0 Å². The van der Waals surface area contributed by atoms with Crippen molar-refractivity contribution in [2.75, 3.05) is 17.9 Å². The van der Waals surface area contributed by atoms with Crippen molar-refractivity contribution in [2.24, 2.45) is 0 Å². The van der Waals surface area contributed by atoms with Crippen molar-refractivity contribution in [3.8, 4) is 0 Å². The van der Waals surface area contributed by atoms with Crippen LogP contribution < -0.4 is 9.62 Å². The number of carbonyl (C=O) groups excluding carboxylic acids is 2. The molecule has 42 heavy (non-hydrogen) atoms. The number of aryl methyl sites for hydroxylation is 1. The molecule has 0 radical (unpaired) electrons. The lowest BCUT2D eigenvalue weighted by molar-refractivity contribution is -0.139. The maximum absolute atomic E-state index is 14.1. The standard InChI is InChI=1S/C32H31F2N3O4S/c1-23-8-18-29(19-9-23)42(40,41)37(28-16-14-27(34)15-17-28)22-31(38)36(21-25-10-12-26(33)13-11-25)30(32(39)35-2)20-24-6-4-3-5-7-24/h3-19,30H,20-22H2,1-2H3,(H,35,39)/t30-/m1/s1. The molecule has 1 N–H and O–H groups in total. The van der Waals surface area contributed by atoms with Crippen LogP contribution in [-0.2, 0) is 32.6 Å². The Balaban J connectivity index is 1.77. The normalized spacial score (nSPS) is 11.9. The van der Waals surface area contributed by atoms with Gasteiger partial charge in [0, 0.05) is 20.0 Å². The van der Waals surface area contributed by atoms with Crippen molar-refractivity contribution in [1.29, 1.82) is 0 Å². The van der Waals surface area contributed by atoms with Gasteiger partial charge in [-0.05, 0) is 66.6 Å². The number of halogens is 2. The molecule has 4 rings (SSSR count). The molecule has 7 nitrogen and oxygen atoms in total. The third kappa shape index (κ3) is 7.38. The van der Waals surface area contributed by atoms with Gasteiger partial charge in [-0.1, -0.05) is 60.2 Å². The van der Waals surface area contributed by atoms with E-state index >= 15 is 0 Å². The van der Waals surface area contributed by atoms with Crippen molar-refractivity contribution in [3.05, 3.63) is 131 Å². The molecule has 4 aromatic rings. The van der Waals surface area contributed by atoms with Gasteiger partial charge >= 0.3 is 0 Å². The van der Waals surface area contributed by atoms with E-state index in [2.05, 4.69) is 5.32 Å². The quantitative estimate of drug-likeness (QED) is 0.270. The zero-order valence-corrected chi connectivity index (χ0v) is 24.0. The summed E-state index contributed by atoms with van der Waals surface area (Å²) >= 11 is 0. The van der Waals surface area contributed by atoms with Crippen LogP contribution in [0.15, 0.2) is 108 Å². The van der Waals surface area contributed by atoms with Crippen molar-refractivity contribution in [2.45, 2.75) is 30.8 Å². The van der Waals surface area contributed by atoms with Gasteiger partial charge in [0.1, 0.15) is 24.2 Å². The van der Waals surface area contributed by atoms with Gasteiger partial charge in [0.15, 0.2) is 0 Å². The molecule has 218 valence electrons. The first-order valence-electron chi connectivity index (χ1n) is 13.2. The van der Waals surface area contributed by atoms with Crippen LogP contribution in [0.2, 0.25) is 0 Å². The Kier molecular flexibility index (Phi) is 9.69. The zero-order chi connectivity index (χ0) is 30.3. The number of benzene rings is 4. The molecule has 4 aromatic carbocycles. The number of nitrogens with zero attached hydrogens (tertiary/aromatic N) is 2. The lowest BCUT2D eigenvalue weighted by Gasteiger charge is -2.33. The van der Waals surface area contributed by atoms with Crippen molar-refractivity contribution >= 4 is 27.5 Å². The molecule has 0 fully saturated rings. The first kappa shape index (κ1) is 30.4. The Morgan fingerprint density at radius 2 is 1.36 bits per heavy atom. The van der Waals surface area contributed by atoms with Crippen molar-refractivity contribution in [1.82, 2.24) is 10.2 Å². The summed E-state index contributed by atoms with van der Waals surface area (Å²) < 4.78 is 56.1. The lowest BCUT2D eigenvalue weighted by Crippen LogP contribution is -2.53. The molecule has 0 saturated heterocycles. The van der Waals surface area contributed by atoms with Gasteiger partial charge < -0.3 is 10.2 Å². The Bertz CT molecular complexity index is 1610. The van der Waals surface area contributed by atoms with Gasteiger partial charge in [0.2, 0.25) is 11.8 Å². The molecule has 0 saturated carbocycles. The van der Waals surface area contributed by atoms with E-state index in [9.17, 15) is 26.8 Å². The van der Waals surface area contributed by atoms with Gasteiger partial charge in [-0.3, -0.25) is 13.9 Å². The number of amides is 2. The van der Waals surface area contributed by atoms with Gasteiger partial charge in [0.25, 0.3) is 10.0 Å². The molecule has 0 aliphatic carbocycles. The van der Waals surface area contributed by atoms with E-state index in [0.29, 0.717) is 5.56 Å². The molecule has 1 atom stereocenters. The molecular formula is C32H31F2N3O4S. The SMILES string of the molecule is CNC(=O)[C@@H](Cc1ccccc1)N(Cc1ccc(F)cc1)C(=O)CN(c1ccc(F)cc1)S(=O)(=O)c1ccc(C)cc1. The number of anilines is 1. The summed E-state index contributed by atoms with van der Waals surface area (Å²) in [5.41, 5.74) is 2.25. The summed E-state index contributed by atoms with van der Waals surface area (Å²) in [7, 11) is -2.84. The van der Waals surface area contributed by atoms with Crippen LogP contribution in [0.1, 0.15) is 16.7 Å². The number of hydrogen-bond donors (Lipinski definition) is 1. The van der Waals surface area contributed by atoms with Crippen molar-refractivity contribution < 1.29 is 26.8 Å². The molecule has 0 bridgehead atoms. The van der Waals surface area contributed by atoms with Crippen LogP contribution in [0.4, 0.5) is 14.5 Å². The average Bonchev–Trinajstić information content (AvgIpc) is 2.99. The smallest absolute Gasteiger partial charge is 0.264 e. The molecule has 0 spiro atoms. The molecule has 10 heteroatoms. The summed E-state index contributed by atoms with van der Waals surface area (Å²) in [5.74, 6) is -2.17. The van der Waals surface area contributed by atoms with E-state index in [0.717, 1.165) is 27.6 Å². The Labute approximate surface area is 244 Å². The van der Waals surface area contributed by atoms with Gasteiger partial charge in [-0.15, -0.1) is 0 Å². The van der Waals surface area contributed by atoms with Gasteiger partial charge in [-0.25, -0.2) is 17.2 Å². The molecule has 0 heterocycles. The first-order chi connectivity index (χ1) is 20.1. The monoisotopic (exact) mass is 591 g/mol. The largest absolute Gasteiger partial charge is 0.357 e. The fraction of sp³-hybridized carbons (Fsp3) is 0.188. The van der Waals surface area contributed by atoms with E-state index in [1.54, 1.807) is 12.1 Å². The molecule has 0 aliphatic heterocycles. The maximum atomic E-state index is 14.1. The second-order valence-corrected chi connectivity index (χ2v) is 11.6. The predicted octanol–water partition coefficient (Wildman–Crippen LogP) is 4.85. The minimum Gasteiger partial charge on any atom is -0.357 e. The minimum absolute atomic E-state index is 0.0533. The third-order valence-electron chi connectivity index (χ3n) is 6.79. The first-order valence-corrected chi connectivity index (χ1v) is 14.7. The number of nitrogens with one attached hydrogen (secondary N) is 1. The summed E-state index contributed by atoms with van der Waals surface area (Å²) in [6, 6.07) is 24.5. The second kappa shape index (κ2) is 13.4. The third-order valence-corrected chi connectivity index (χ3v) is 8.57. The van der Waals surface area contributed by atoms with Crippen LogP contribution in [-0.4, -0.2) is 44.8 Å². The van der Waals surface area contributed by atoms with E-state index in [1.165, 1.54) is 60.5 Å². The average molecular weight is 592 g/mol. The topological polar surface area (TPSA) is 86.8 Å². The highest BCUT2D eigenvalue weighted by Gasteiger charge is 2.34. The lowest BCUT2D eigenvalue weighted by atomic mass is 10.0. The van der Waals surface area contributed by atoms with Crippen LogP contribution in [0.5, 0.6) is 0 Å². The number of sulfonamides is 1. The van der Waals surface area contributed by atoms with Gasteiger partial charge in [-0.2, -0.15) is 0 Å². The number of hydrogen-bond acceptors (Lipinski definition) is 4. The zero-order valence-electron chi connectivity index (χ0n) is 23.2.